The molecule has 2 rings (SSSR count). The maximum absolute atomic E-state index is 4.32. The summed E-state index contributed by atoms with van der Waals surface area (Å²) in [7, 11) is 2.01. The Morgan fingerprint density at radius 1 is 1.50 bits per heavy atom. The molecule has 1 aromatic heterocycles. The molecular formula is C11H19N5. The van der Waals surface area contributed by atoms with Crippen molar-refractivity contribution in [2.75, 3.05) is 36.9 Å². The first-order valence-corrected chi connectivity index (χ1v) is 5.81. The van der Waals surface area contributed by atoms with Crippen molar-refractivity contribution in [1.29, 1.82) is 0 Å². The van der Waals surface area contributed by atoms with Gasteiger partial charge in [-0.3, -0.25) is 0 Å². The first-order valence-electron chi connectivity index (χ1n) is 5.81. The van der Waals surface area contributed by atoms with E-state index in [9.17, 15) is 0 Å². The molecule has 0 bridgehead atoms. The summed E-state index contributed by atoms with van der Waals surface area (Å²) in [6, 6.07) is 2.60. The van der Waals surface area contributed by atoms with Crippen molar-refractivity contribution in [3.63, 3.8) is 0 Å². The van der Waals surface area contributed by atoms with Crippen LogP contribution in [0, 0.1) is 0 Å². The van der Waals surface area contributed by atoms with Crippen LogP contribution in [0.1, 0.15) is 13.3 Å². The van der Waals surface area contributed by atoms with Gasteiger partial charge in [-0.05, 0) is 20.4 Å². The van der Waals surface area contributed by atoms with Gasteiger partial charge in [0.05, 0.1) is 0 Å². The van der Waals surface area contributed by atoms with Gasteiger partial charge in [-0.25, -0.2) is 9.97 Å². The van der Waals surface area contributed by atoms with E-state index in [0.29, 0.717) is 6.04 Å². The number of likely N-dealkylation sites (N-methyl/N-ethyl adjacent to an activating group) is 1. The molecule has 1 saturated heterocycles. The Balaban J connectivity index is 2.06. The minimum atomic E-state index is 0.581. The minimum Gasteiger partial charge on any atom is -0.370 e. The third-order valence-corrected chi connectivity index (χ3v) is 2.93. The van der Waals surface area contributed by atoms with Gasteiger partial charge in [0.15, 0.2) is 0 Å². The molecule has 0 aromatic carbocycles. The zero-order chi connectivity index (χ0) is 11.4. The SMILES string of the molecule is CCNc1cc(N2CCC(NC)C2)ncn1. The van der Waals surface area contributed by atoms with Gasteiger partial charge in [0.2, 0.25) is 0 Å². The third kappa shape index (κ3) is 2.41. The topological polar surface area (TPSA) is 53.1 Å². The molecule has 5 heteroatoms. The molecule has 0 spiro atoms. The molecule has 88 valence electrons. The van der Waals surface area contributed by atoms with Gasteiger partial charge in [0.1, 0.15) is 18.0 Å². The second-order valence-electron chi connectivity index (χ2n) is 4.01. The van der Waals surface area contributed by atoms with Crippen molar-refractivity contribution in [1.82, 2.24) is 15.3 Å². The lowest BCUT2D eigenvalue weighted by atomic mass is 10.3. The van der Waals surface area contributed by atoms with Crippen LogP contribution in [-0.2, 0) is 0 Å². The Morgan fingerprint density at radius 2 is 2.38 bits per heavy atom. The van der Waals surface area contributed by atoms with E-state index in [4.69, 9.17) is 0 Å². The predicted molar refractivity (Wildman–Crippen MR) is 65.9 cm³/mol. The molecule has 1 aliphatic rings. The summed E-state index contributed by atoms with van der Waals surface area (Å²) in [6.07, 6.45) is 2.80. The number of nitrogens with one attached hydrogen (secondary N) is 2. The Labute approximate surface area is 96.3 Å². The van der Waals surface area contributed by atoms with E-state index in [1.54, 1.807) is 6.33 Å². The fourth-order valence-electron chi connectivity index (χ4n) is 2.00. The summed E-state index contributed by atoms with van der Waals surface area (Å²) in [4.78, 5) is 10.8. The molecule has 2 N–H and O–H groups in total. The maximum Gasteiger partial charge on any atom is 0.134 e. The van der Waals surface area contributed by atoms with Crippen LogP contribution in [0.2, 0.25) is 0 Å². The second-order valence-corrected chi connectivity index (χ2v) is 4.01. The van der Waals surface area contributed by atoms with Gasteiger partial charge in [-0.1, -0.05) is 0 Å². The number of rotatable bonds is 4. The lowest BCUT2D eigenvalue weighted by Crippen LogP contribution is -2.29. The summed E-state index contributed by atoms with van der Waals surface area (Å²) in [5.74, 6) is 1.92. The van der Waals surface area contributed by atoms with Crippen LogP contribution in [0.5, 0.6) is 0 Å². The Kier molecular flexibility index (Phi) is 3.56. The van der Waals surface area contributed by atoms with E-state index < -0.39 is 0 Å². The normalized spacial score (nSPS) is 20.1. The van der Waals surface area contributed by atoms with E-state index in [1.165, 1.54) is 6.42 Å². The third-order valence-electron chi connectivity index (χ3n) is 2.93. The zero-order valence-corrected chi connectivity index (χ0v) is 9.90. The summed E-state index contributed by atoms with van der Waals surface area (Å²) in [5, 5.41) is 6.51. The van der Waals surface area contributed by atoms with Crippen LogP contribution in [0.3, 0.4) is 0 Å². The van der Waals surface area contributed by atoms with Crippen molar-refractivity contribution in [2.24, 2.45) is 0 Å². The van der Waals surface area contributed by atoms with Crippen LogP contribution >= 0.6 is 0 Å². The Hall–Kier alpha value is -1.36. The average molecular weight is 221 g/mol. The molecule has 16 heavy (non-hydrogen) atoms. The van der Waals surface area contributed by atoms with Gasteiger partial charge >= 0.3 is 0 Å². The standard InChI is InChI=1S/C11H19N5/c1-3-13-10-6-11(15-8-14-10)16-5-4-9(7-16)12-2/h6,8-9,12H,3-5,7H2,1-2H3,(H,13,14,15). The molecule has 1 unspecified atom stereocenters. The highest BCUT2D eigenvalue weighted by Gasteiger charge is 2.22. The zero-order valence-electron chi connectivity index (χ0n) is 9.90. The number of hydrogen-bond acceptors (Lipinski definition) is 5. The monoisotopic (exact) mass is 221 g/mol. The second kappa shape index (κ2) is 5.12. The van der Waals surface area contributed by atoms with Crippen LogP contribution in [0.15, 0.2) is 12.4 Å². The van der Waals surface area contributed by atoms with Gasteiger partial charge in [-0.15, -0.1) is 0 Å². The number of aromatic nitrogens is 2. The molecule has 0 saturated carbocycles. The number of hydrogen-bond donors (Lipinski definition) is 2. The first-order chi connectivity index (χ1) is 7.83. The molecular weight excluding hydrogens is 202 g/mol. The van der Waals surface area contributed by atoms with Crippen molar-refractivity contribution >= 4 is 11.6 Å². The van der Waals surface area contributed by atoms with Gasteiger partial charge in [0, 0.05) is 31.7 Å². The fraction of sp³-hybridized carbons (Fsp3) is 0.636. The van der Waals surface area contributed by atoms with Gasteiger partial charge in [-0.2, -0.15) is 0 Å². The highest BCUT2D eigenvalue weighted by Crippen LogP contribution is 2.19. The van der Waals surface area contributed by atoms with Crippen LogP contribution < -0.4 is 15.5 Å². The van der Waals surface area contributed by atoms with Crippen LogP contribution in [-0.4, -0.2) is 42.7 Å². The molecule has 0 aliphatic carbocycles. The molecule has 1 aromatic rings. The quantitative estimate of drug-likeness (QED) is 0.784. The Bertz CT molecular complexity index is 341. The van der Waals surface area contributed by atoms with Gasteiger partial charge < -0.3 is 15.5 Å². The van der Waals surface area contributed by atoms with Crippen LogP contribution in [0.4, 0.5) is 11.6 Å². The summed E-state index contributed by atoms with van der Waals surface area (Å²) in [6.45, 7) is 5.04. The van der Waals surface area contributed by atoms with Crippen LogP contribution in [0.25, 0.3) is 0 Å². The fourth-order valence-corrected chi connectivity index (χ4v) is 2.00. The van der Waals surface area contributed by atoms with Crippen molar-refractivity contribution in [2.45, 2.75) is 19.4 Å². The van der Waals surface area contributed by atoms with E-state index in [0.717, 1.165) is 31.3 Å². The lowest BCUT2D eigenvalue weighted by molar-refractivity contribution is 0.616. The lowest BCUT2D eigenvalue weighted by Gasteiger charge is -2.17. The predicted octanol–water partition coefficient (Wildman–Crippen LogP) is 0.706. The summed E-state index contributed by atoms with van der Waals surface area (Å²) < 4.78 is 0. The molecule has 0 amide bonds. The Morgan fingerprint density at radius 3 is 3.06 bits per heavy atom. The number of nitrogens with zero attached hydrogens (tertiary/aromatic N) is 3. The van der Waals surface area contributed by atoms with E-state index in [1.807, 2.05) is 13.1 Å². The molecule has 1 aliphatic heterocycles. The van der Waals surface area contributed by atoms with E-state index in [2.05, 4.69) is 32.4 Å². The van der Waals surface area contributed by atoms with Crippen molar-refractivity contribution in [3.8, 4) is 0 Å². The van der Waals surface area contributed by atoms with E-state index >= 15 is 0 Å². The minimum absolute atomic E-state index is 0.581. The highest BCUT2D eigenvalue weighted by atomic mass is 15.2. The smallest absolute Gasteiger partial charge is 0.134 e. The molecule has 1 fully saturated rings. The maximum atomic E-state index is 4.32. The van der Waals surface area contributed by atoms with Crippen molar-refractivity contribution in [3.05, 3.63) is 12.4 Å². The first kappa shape index (κ1) is 11.1. The molecule has 2 heterocycles. The average Bonchev–Trinajstić information content (AvgIpc) is 2.78. The van der Waals surface area contributed by atoms with Crippen molar-refractivity contribution < 1.29 is 0 Å². The summed E-state index contributed by atoms with van der Waals surface area (Å²) in [5.41, 5.74) is 0. The highest BCUT2D eigenvalue weighted by molar-refractivity contribution is 5.49. The molecule has 1 atom stereocenters. The summed E-state index contributed by atoms with van der Waals surface area (Å²) >= 11 is 0. The molecule has 0 radical (unpaired) electrons. The molecule has 5 nitrogen and oxygen atoms in total. The van der Waals surface area contributed by atoms with E-state index in [-0.39, 0.29) is 0 Å². The largest absolute Gasteiger partial charge is 0.370 e. The van der Waals surface area contributed by atoms with Gasteiger partial charge in [0.25, 0.3) is 0 Å². The number of anilines is 2.